The number of hydroxylamine groups is 1. The summed E-state index contributed by atoms with van der Waals surface area (Å²) in [4.78, 5) is 24.0. The number of nitrogens with zero attached hydrogens (tertiary/aromatic N) is 1. The van der Waals surface area contributed by atoms with Gasteiger partial charge in [0.05, 0.1) is 6.54 Å². The highest BCUT2D eigenvalue weighted by Gasteiger charge is 2.27. The smallest absolute Gasteiger partial charge is 0.255 e. The Balaban J connectivity index is 0.000000657. The van der Waals surface area contributed by atoms with Crippen molar-refractivity contribution in [3.05, 3.63) is 41.7 Å². The van der Waals surface area contributed by atoms with Crippen LogP contribution < -0.4 is 28.1 Å². The maximum Gasteiger partial charge on any atom is 0.255 e. The van der Waals surface area contributed by atoms with Gasteiger partial charge in [0.25, 0.3) is 5.91 Å². The summed E-state index contributed by atoms with van der Waals surface area (Å²) in [6.45, 7) is 4.42. The minimum absolute atomic E-state index is 0.120. The molecule has 0 aliphatic heterocycles. The number of carbonyl (C=O) groups excluding carboxylic acids is 2. The molecule has 1 fully saturated rings. The Morgan fingerprint density at radius 2 is 1.79 bits per heavy atom. The lowest BCUT2D eigenvalue weighted by Gasteiger charge is -2.17. The van der Waals surface area contributed by atoms with Gasteiger partial charge in [-0.1, -0.05) is 45.2 Å². The number of amides is 2. The van der Waals surface area contributed by atoms with Crippen molar-refractivity contribution in [2.45, 2.75) is 64.2 Å². The monoisotopic (exact) mass is 480 g/mol. The van der Waals surface area contributed by atoms with Gasteiger partial charge in [-0.15, -0.1) is 0 Å². The van der Waals surface area contributed by atoms with Crippen molar-refractivity contribution in [2.24, 2.45) is 29.1 Å². The quantitative estimate of drug-likeness (QED) is 0.0939. The Bertz CT molecular complexity index is 751. The zero-order valence-electron chi connectivity index (χ0n) is 19.7. The van der Waals surface area contributed by atoms with Gasteiger partial charge >= 0.3 is 0 Å². The Kier molecular flexibility index (Phi) is 13.6. The Hall–Kier alpha value is -2.27. The number of hydrogen-bond donors (Lipinski definition) is 7. The molecule has 0 aromatic heterocycles. The molecule has 1 aromatic carbocycles. The van der Waals surface area contributed by atoms with E-state index >= 15 is 0 Å². The molecular formula is C23H40N6O3S. The van der Waals surface area contributed by atoms with Crippen LogP contribution in [0.5, 0.6) is 0 Å². The predicted octanol–water partition coefficient (Wildman–Crippen LogP) is 2.48. The van der Waals surface area contributed by atoms with Gasteiger partial charge in [0.2, 0.25) is 5.91 Å². The van der Waals surface area contributed by atoms with E-state index < -0.39 is 17.7 Å². The maximum atomic E-state index is 12.3. The van der Waals surface area contributed by atoms with Crippen LogP contribution in [-0.4, -0.2) is 33.8 Å². The van der Waals surface area contributed by atoms with Gasteiger partial charge in [-0.3, -0.25) is 14.8 Å². The molecule has 2 rings (SSSR count). The summed E-state index contributed by atoms with van der Waals surface area (Å²) in [5.41, 5.74) is 14.5. The fourth-order valence-corrected chi connectivity index (χ4v) is 3.77. The van der Waals surface area contributed by atoms with Crippen molar-refractivity contribution >= 4 is 30.1 Å². The van der Waals surface area contributed by atoms with Crippen LogP contribution in [0.3, 0.4) is 0 Å². The molecule has 0 radical (unpaired) electrons. The third kappa shape index (κ3) is 12.0. The highest BCUT2D eigenvalue weighted by atomic mass is 32.1. The lowest BCUT2D eigenvalue weighted by molar-refractivity contribution is -0.139. The van der Waals surface area contributed by atoms with E-state index in [2.05, 4.69) is 17.9 Å². The molecule has 2 amide bonds. The fraction of sp³-hybridized carbons (Fsp3) is 0.565. The second-order valence-electron chi connectivity index (χ2n) is 8.72. The van der Waals surface area contributed by atoms with E-state index in [1.54, 1.807) is 35.9 Å². The first-order valence-corrected chi connectivity index (χ1v) is 11.9. The number of hydrazine groups is 1. The van der Waals surface area contributed by atoms with Crippen molar-refractivity contribution in [3.63, 3.8) is 0 Å². The molecule has 0 heterocycles. The fourth-order valence-electron chi connectivity index (χ4n) is 3.41. The van der Waals surface area contributed by atoms with E-state index in [1.807, 2.05) is 13.8 Å². The summed E-state index contributed by atoms with van der Waals surface area (Å²) >= 11 is 4.36. The van der Waals surface area contributed by atoms with E-state index in [0.29, 0.717) is 24.4 Å². The third-order valence-corrected chi connectivity index (χ3v) is 5.70. The van der Waals surface area contributed by atoms with Crippen molar-refractivity contribution < 1.29 is 14.8 Å². The Labute approximate surface area is 202 Å². The van der Waals surface area contributed by atoms with Gasteiger partial charge in [0, 0.05) is 29.4 Å². The topological polar surface area (TPSA) is 160 Å². The SMILES string of the molecule is CC(C)CC(C(=O)NO)C(=O)Nc1ccc(CN(N)/C=C(\N)CN)cc1.SC1CCCCC1. The molecule has 1 unspecified atom stereocenters. The zero-order valence-corrected chi connectivity index (χ0v) is 20.6. The highest BCUT2D eigenvalue weighted by molar-refractivity contribution is 7.80. The molecule has 9 nitrogen and oxygen atoms in total. The van der Waals surface area contributed by atoms with Gasteiger partial charge in [-0.2, -0.15) is 12.6 Å². The maximum absolute atomic E-state index is 12.3. The number of nitrogens with two attached hydrogens (primary N) is 3. The molecule has 1 atom stereocenters. The molecule has 0 saturated heterocycles. The van der Waals surface area contributed by atoms with Crippen molar-refractivity contribution in [2.75, 3.05) is 11.9 Å². The van der Waals surface area contributed by atoms with E-state index in [-0.39, 0.29) is 12.5 Å². The molecule has 0 bridgehead atoms. The number of rotatable bonds is 9. The molecule has 1 aliphatic carbocycles. The molecule has 1 aromatic rings. The van der Waals surface area contributed by atoms with E-state index in [0.717, 1.165) is 10.8 Å². The molecule has 9 N–H and O–H groups in total. The second kappa shape index (κ2) is 15.5. The lowest BCUT2D eigenvalue weighted by atomic mass is 9.95. The largest absolute Gasteiger partial charge is 0.400 e. The summed E-state index contributed by atoms with van der Waals surface area (Å²) in [7, 11) is 0. The van der Waals surface area contributed by atoms with Gasteiger partial charge < -0.3 is 21.8 Å². The van der Waals surface area contributed by atoms with Crippen molar-refractivity contribution in [1.29, 1.82) is 0 Å². The predicted molar refractivity (Wildman–Crippen MR) is 135 cm³/mol. The summed E-state index contributed by atoms with van der Waals surface area (Å²) in [5, 5.41) is 13.6. The van der Waals surface area contributed by atoms with E-state index in [9.17, 15) is 9.59 Å². The zero-order chi connectivity index (χ0) is 24.8. The third-order valence-electron chi connectivity index (χ3n) is 5.18. The molecule has 1 aliphatic rings. The summed E-state index contributed by atoms with van der Waals surface area (Å²) < 4.78 is 0. The standard InChI is InChI=1S/C17H28N6O3.C6H12S/c1-11(2)7-15(17(25)22-26)16(24)21-14-5-3-12(4-6-14)9-23(20)10-13(19)8-18;7-6-4-2-1-3-5-6/h3-6,10-11,15,26H,7-9,18-20H2,1-2H3,(H,21,24)(H,22,25);6-7H,1-5H2/b13-10-;. The number of hydrogen-bond acceptors (Lipinski definition) is 8. The van der Waals surface area contributed by atoms with Crippen LogP contribution in [-0.2, 0) is 16.1 Å². The average molecular weight is 481 g/mol. The minimum atomic E-state index is -0.969. The van der Waals surface area contributed by atoms with Crippen LogP contribution in [0.4, 0.5) is 5.69 Å². The number of nitrogens with one attached hydrogen (secondary N) is 2. The summed E-state index contributed by atoms with van der Waals surface area (Å²) in [5.74, 6) is 3.77. The Morgan fingerprint density at radius 3 is 2.24 bits per heavy atom. The normalized spacial score (nSPS) is 15.3. The van der Waals surface area contributed by atoms with Crippen LogP contribution in [0.25, 0.3) is 0 Å². The molecule has 33 heavy (non-hydrogen) atoms. The molecule has 1 saturated carbocycles. The molecular weight excluding hydrogens is 440 g/mol. The van der Waals surface area contributed by atoms with Gasteiger partial charge in [-0.05, 0) is 42.9 Å². The van der Waals surface area contributed by atoms with Crippen LogP contribution in [0.2, 0.25) is 0 Å². The van der Waals surface area contributed by atoms with Gasteiger partial charge in [0.15, 0.2) is 0 Å². The number of benzene rings is 1. The lowest BCUT2D eigenvalue weighted by Crippen LogP contribution is -2.37. The second-order valence-corrected chi connectivity index (χ2v) is 9.45. The van der Waals surface area contributed by atoms with Crippen molar-refractivity contribution in [3.8, 4) is 0 Å². The summed E-state index contributed by atoms with van der Waals surface area (Å²) in [6, 6.07) is 7.01. The highest BCUT2D eigenvalue weighted by Crippen LogP contribution is 2.21. The number of anilines is 1. The van der Waals surface area contributed by atoms with Crippen LogP contribution in [0.15, 0.2) is 36.2 Å². The first kappa shape index (κ1) is 28.8. The first-order chi connectivity index (χ1) is 15.7. The van der Waals surface area contributed by atoms with Crippen LogP contribution >= 0.6 is 12.6 Å². The van der Waals surface area contributed by atoms with Crippen molar-refractivity contribution in [1.82, 2.24) is 10.5 Å². The number of thiol groups is 1. The van der Waals surface area contributed by atoms with Gasteiger partial charge in [-0.25, -0.2) is 11.3 Å². The first-order valence-electron chi connectivity index (χ1n) is 11.4. The average Bonchev–Trinajstić information content (AvgIpc) is 2.78. The molecule has 0 spiro atoms. The summed E-state index contributed by atoms with van der Waals surface area (Å²) in [6.07, 6.45) is 8.85. The van der Waals surface area contributed by atoms with E-state index in [4.69, 9.17) is 22.5 Å². The van der Waals surface area contributed by atoms with Crippen LogP contribution in [0, 0.1) is 11.8 Å². The van der Waals surface area contributed by atoms with Crippen LogP contribution in [0.1, 0.15) is 57.9 Å². The Morgan fingerprint density at radius 1 is 1.18 bits per heavy atom. The molecule has 10 heteroatoms. The van der Waals surface area contributed by atoms with E-state index in [1.165, 1.54) is 37.1 Å². The van der Waals surface area contributed by atoms with Gasteiger partial charge in [0.1, 0.15) is 5.92 Å². The minimum Gasteiger partial charge on any atom is -0.400 e. The molecule has 186 valence electrons. The number of carbonyl (C=O) groups is 2.